The second kappa shape index (κ2) is 11.3. The Kier molecular flexibility index (Phi) is 9.46. The van der Waals surface area contributed by atoms with E-state index in [4.69, 9.17) is 4.99 Å². The Bertz CT molecular complexity index is 652. The van der Waals surface area contributed by atoms with Gasteiger partial charge in [0.2, 0.25) is 5.91 Å². The molecule has 0 radical (unpaired) electrons. The van der Waals surface area contributed by atoms with Crippen molar-refractivity contribution in [1.82, 2.24) is 20.5 Å². The van der Waals surface area contributed by atoms with Gasteiger partial charge >= 0.3 is 0 Å². The lowest BCUT2D eigenvalue weighted by Gasteiger charge is -2.26. The zero-order valence-corrected chi connectivity index (χ0v) is 20.4. The number of carbonyl (C=O) groups is 1. The summed E-state index contributed by atoms with van der Waals surface area (Å²) >= 11 is 1.71. The molecule has 3 rings (SSSR count). The van der Waals surface area contributed by atoms with Gasteiger partial charge in [-0.1, -0.05) is 19.3 Å². The molecule has 1 amide bonds. The van der Waals surface area contributed by atoms with Gasteiger partial charge in [-0.2, -0.15) is 0 Å². The van der Waals surface area contributed by atoms with Gasteiger partial charge in [0.05, 0.1) is 12.2 Å². The fourth-order valence-corrected chi connectivity index (χ4v) is 4.81. The van der Waals surface area contributed by atoms with Crippen LogP contribution in [0.25, 0.3) is 0 Å². The first-order valence-corrected chi connectivity index (χ1v) is 11.1. The molecule has 158 valence electrons. The number of hydrogen-bond donors (Lipinski definition) is 2. The van der Waals surface area contributed by atoms with Crippen molar-refractivity contribution in [1.29, 1.82) is 0 Å². The second-order valence-corrected chi connectivity index (χ2v) is 8.98. The lowest BCUT2D eigenvalue weighted by molar-refractivity contribution is -0.135. The van der Waals surface area contributed by atoms with E-state index in [1.807, 2.05) is 6.92 Å². The third kappa shape index (κ3) is 6.30. The first-order chi connectivity index (χ1) is 13.1. The first-order valence-electron chi connectivity index (χ1n) is 10.3. The molecule has 0 spiro atoms. The zero-order valence-electron chi connectivity index (χ0n) is 17.3. The van der Waals surface area contributed by atoms with Crippen LogP contribution in [-0.2, 0) is 11.3 Å². The van der Waals surface area contributed by atoms with Gasteiger partial charge < -0.3 is 15.5 Å². The molecule has 6 nitrogen and oxygen atoms in total. The van der Waals surface area contributed by atoms with E-state index in [1.165, 1.54) is 24.1 Å². The lowest BCUT2D eigenvalue weighted by Crippen LogP contribution is -2.45. The highest BCUT2D eigenvalue weighted by Crippen LogP contribution is 2.26. The molecular formula is C20H34IN5OS. The molecule has 0 aromatic carbocycles. The third-order valence-corrected chi connectivity index (χ3v) is 6.64. The second-order valence-electron chi connectivity index (χ2n) is 7.69. The standard InChI is InChI=1S/C20H33N5OS.HI/c1-4-21-20(22-12-18-23-14(2)15(3)27-18)24-17-10-11-25(13-17)19(26)16-8-6-5-7-9-16;/h16-17H,4-13H2,1-3H3,(H2,21,22,24);1H. The van der Waals surface area contributed by atoms with Crippen LogP contribution in [0.1, 0.15) is 61.0 Å². The molecular weight excluding hydrogens is 485 g/mol. The van der Waals surface area contributed by atoms with Crippen LogP contribution in [-0.4, -0.2) is 47.4 Å². The van der Waals surface area contributed by atoms with E-state index in [2.05, 4.69) is 34.4 Å². The molecule has 1 aromatic heterocycles. The van der Waals surface area contributed by atoms with Crippen LogP contribution in [0.2, 0.25) is 0 Å². The summed E-state index contributed by atoms with van der Waals surface area (Å²) in [6.45, 7) is 9.26. The number of rotatable bonds is 5. The van der Waals surface area contributed by atoms with Gasteiger partial charge in [-0.3, -0.25) is 4.79 Å². The van der Waals surface area contributed by atoms with E-state index in [1.54, 1.807) is 11.3 Å². The van der Waals surface area contributed by atoms with Crippen molar-refractivity contribution in [2.45, 2.75) is 71.9 Å². The highest BCUT2D eigenvalue weighted by molar-refractivity contribution is 14.0. The molecule has 2 N–H and O–H groups in total. The van der Waals surface area contributed by atoms with Crippen LogP contribution in [0.3, 0.4) is 0 Å². The van der Waals surface area contributed by atoms with Crippen LogP contribution in [0, 0.1) is 19.8 Å². The number of thiazole rings is 1. The topological polar surface area (TPSA) is 69.6 Å². The molecule has 1 saturated heterocycles. The Morgan fingerprint density at radius 3 is 2.64 bits per heavy atom. The SMILES string of the molecule is CCNC(=NCc1nc(C)c(C)s1)NC1CCN(C(=O)C2CCCCC2)C1.I. The minimum atomic E-state index is 0. The first kappa shape index (κ1) is 23.4. The summed E-state index contributed by atoms with van der Waals surface area (Å²) in [4.78, 5) is 25.3. The summed E-state index contributed by atoms with van der Waals surface area (Å²) in [5, 5.41) is 7.88. The molecule has 1 saturated carbocycles. The van der Waals surface area contributed by atoms with Gasteiger partial charge in [0, 0.05) is 36.5 Å². The number of amides is 1. The van der Waals surface area contributed by atoms with Gasteiger partial charge in [-0.25, -0.2) is 9.98 Å². The summed E-state index contributed by atoms with van der Waals surface area (Å²) in [7, 11) is 0. The number of aryl methyl sites for hydroxylation is 2. The van der Waals surface area contributed by atoms with Crippen molar-refractivity contribution >= 4 is 47.2 Å². The number of carbonyl (C=O) groups excluding carboxylic acids is 1. The van der Waals surface area contributed by atoms with Crippen molar-refractivity contribution in [3.8, 4) is 0 Å². The minimum absolute atomic E-state index is 0. The fourth-order valence-electron chi connectivity index (χ4n) is 3.95. The molecule has 1 atom stereocenters. The van der Waals surface area contributed by atoms with Crippen molar-refractivity contribution in [2.24, 2.45) is 10.9 Å². The molecule has 2 heterocycles. The predicted molar refractivity (Wildman–Crippen MR) is 127 cm³/mol. The van der Waals surface area contributed by atoms with Crippen LogP contribution in [0.4, 0.5) is 0 Å². The molecule has 0 bridgehead atoms. The summed E-state index contributed by atoms with van der Waals surface area (Å²) in [5.41, 5.74) is 1.09. The average molecular weight is 519 g/mol. The lowest BCUT2D eigenvalue weighted by atomic mass is 9.88. The highest BCUT2D eigenvalue weighted by Gasteiger charge is 2.31. The number of nitrogens with one attached hydrogen (secondary N) is 2. The van der Waals surface area contributed by atoms with Gasteiger partial charge in [0.25, 0.3) is 0 Å². The molecule has 1 aliphatic heterocycles. The fraction of sp³-hybridized carbons (Fsp3) is 0.750. The number of hydrogen-bond acceptors (Lipinski definition) is 4. The maximum absolute atomic E-state index is 12.7. The smallest absolute Gasteiger partial charge is 0.225 e. The Morgan fingerprint density at radius 2 is 2.00 bits per heavy atom. The molecule has 28 heavy (non-hydrogen) atoms. The Morgan fingerprint density at radius 1 is 1.25 bits per heavy atom. The van der Waals surface area contributed by atoms with Crippen LogP contribution >= 0.6 is 35.3 Å². The highest BCUT2D eigenvalue weighted by atomic mass is 127. The van der Waals surface area contributed by atoms with E-state index < -0.39 is 0 Å². The zero-order chi connectivity index (χ0) is 19.2. The van der Waals surface area contributed by atoms with Crippen molar-refractivity contribution < 1.29 is 4.79 Å². The maximum Gasteiger partial charge on any atom is 0.225 e. The average Bonchev–Trinajstić information content (AvgIpc) is 3.26. The summed E-state index contributed by atoms with van der Waals surface area (Å²) in [5.74, 6) is 1.45. The number of likely N-dealkylation sites (tertiary alicyclic amines) is 1. The third-order valence-electron chi connectivity index (χ3n) is 5.58. The molecule has 1 aliphatic carbocycles. The number of guanidine groups is 1. The normalized spacial score (nSPS) is 20.8. The number of aromatic nitrogens is 1. The van der Waals surface area contributed by atoms with Crippen LogP contribution in [0.5, 0.6) is 0 Å². The Labute approximate surface area is 190 Å². The quantitative estimate of drug-likeness (QED) is 0.354. The van der Waals surface area contributed by atoms with Gasteiger partial charge in [-0.05, 0) is 40.0 Å². The Balaban J connectivity index is 0.00000280. The van der Waals surface area contributed by atoms with E-state index in [-0.39, 0.29) is 35.9 Å². The molecule has 8 heteroatoms. The number of halogens is 1. The maximum atomic E-state index is 12.7. The van der Waals surface area contributed by atoms with Crippen molar-refractivity contribution in [3.05, 3.63) is 15.6 Å². The van der Waals surface area contributed by atoms with Crippen molar-refractivity contribution in [3.63, 3.8) is 0 Å². The van der Waals surface area contributed by atoms with E-state index >= 15 is 0 Å². The summed E-state index contributed by atoms with van der Waals surface area (Å²) in [6.07, 6.45) is 6.83. The van der Waals surface area contributed by atoms with E-state index in [0.717, 1.165) is 55.6 Å². The van der Waals surface area contributed by atoms with Crippen LogP contribution in [0.15, 0.2) is 4.99 Å². The number of nitrogens with zero attached hydrogens (tertiary/aromatic N) is 3. The largest absolute Gasteiger partial charge is 0.357 e. The molecule has 1 unspecified atom stereocenters. The Hall–Kier alpha value is -0.900. The summed E-state index contributed by atoms with van der Waals surface area (Å²) < 4.78 is 0. The molecule has 1 aromatic rings. The molecule has 2 fully saturated rings. The van der Waals surface area contributed by atoms with E-state index in [9.17, 15) is 4.79 Å². The summed E-state index contributed by atoms with van der Waals surface area (Å²) in [6, 6.07) is 0.273. The predicted octanol–water partition coefficient (Wildman–Crippen LogP) is 3.61. The molecule has 2 aliphatic rings. The minimum Gasteiger partial charge on any atom is -0.357 e. The van der Waals surface area contributed by atoms with E-state index in [0.29, 0.717) is 12.5 Å². The van der Waals surface area contributed by atoms with Gasteiger partial charge in [0.1, 0.15) is 5.01 Å². The van der Waals surface area contributed by atoms with Gasteiger partial charge in [0.15, 0.2) is 5.96 Å². The van der Waals surface area contributed by atoms with Gasteiger partial charge in [-0.15, -0.1) is 35.3 Å². The monoisotopic (exact) mass is 519 g/mol. The number of aliphatic imine (C=N–C) groups is 1. The van der Waals surface area contributed by atoms with Crippen molar-refractivity contribution in [2.75, 3.05) is 19.6 Å². The van der Waals surface area contributed by atoms with Crippen LogP contribution < -0.4 is 10.6 Å².